The maximum absolute atomic E-state index is 11.4. The van der Waals surface area contributed by atoms with Crippen LogP contribution in [0.15, 0.2) is 5.10 Å². The number of carbonyl (C=O) groups is 1. The normalized spacial score (nSPS) is 11.9. The summed E-state index contributed by atoms with van der Waals surface area (Å²) in [5.74, 6) is -0.300. The lowest BCUT2D eigenvalue weighted by Crippen LogP contribution is -2.30. The van der Waals surface area contributed by atoms with Crippen molar-refractivity contribution in [1.29, 1.82) is 0 Å². The Morgan fingerprint density at radius 2 is 2.00 bits per heavy atom. The highest BCUT2D eigenvalue weighted by Gasteiger charge is 2.16. The molecule has 0 radical (unpaired) electrons. The van der Waals surface area contributed by atoms with Crippen LogP contribution in [0.1, 0.15) is 34.1 Å². The van der Waals surface area contributed by atoms with E-state index in [4.69, 9.17) is 17.0 Å². The molecule has 0 aromatic rings. The second kappa shape index (κ2) is 6.42. The molecule has 0 aromatic carbocycles. The van der Waals surface area contributed by atoms with Crippen molar-refractivity contribution < 1.29 is 9.53 Å². The molecule has 0 atom stereocenters. The molecule has 92 valence electrons. The van der Waals surface area contributed by atoms with Gasteiger partial charge in [-0.15, -0.1) is 0 Å². The molecule has 5 nitrogen and oxygen atoms in total. The van der Waals surface area contributed by atoms with Crippen LogP contribution in [-0.4, -0.2) is 29.4 Å². The first-order valence-electron chi connectivity index (χ1n) is 4.97. The fourth-order valence-electron chi connectivity index (χ4n) is 0.828. The van der Waals surface area contributed by atoms with Crippen LogP contribution in [0.2, 0.25) is 0 Å². The van der Waals surface area contributed by atoms with E-state index < -0.39 is 5.60 Å². The molecule has 0 aliphatic carbocycles. The van der Waals surface area contributed by atoms with Crippen LogP contribution in [0.5, 0.6) is 0 Å². The van der Waals surface area contributed by atoms with Crippen LogP contribution in [0.3, 0.4) is 0 Å². The maximum Gasteiger partial charge on any atom is 0.312 e. The van der Waals surface area contributed by atoms with Gasteiger partial charge in [-0.3, -0.25) is 10.2 Å². The van der Waals surface area contributed by atoms with E-state index in [1.54, 1.807) is 14.0 Å². The van der Waals surface area contributed by atoms with Gasteiger partial charge in [0.1, 0.15) is 5.60 Å². The zero-order valence-electron chi connectivity index (χ0n) is 10.4. The van der Waals surface area contributed by atoms with Gasteiger partial charge in [0.15, 0.2) is 5.11 Å². The Balaban J connectivity index is 4.09. The molecular formula is C10H19N3O2S. The van der Waals surface area contributed by atoms with Crippen LogP contribution < -0.4 is 10.7 Å². The van der Waals surface area contributed by atoms with Gasteiger partial charge in [-0.05, 0) is 39.9 Å². The molecular weight excluding hydrogens is 226 g/mol. The lowest BCUT2D eigenvalue weighted by atomic mass is 10.2. The number of carbonyl (C=O) groups excluding carboxylic acids is 1. The van der Waals surface area contributed by atoms with Gasteiger partial charge < -0.3 is 10.1 Å². The summed E-state index contributed by atoms with van der Waals surface area (Å²) in [6.07, 6.45) is 0.149. The van der Waals surface area contributed by atoms with E-state index in [2.05, 4.69) is 15.8 Å². The van der Waals surface area contributed by atoms with Crippen molar-refractivity contribution in [3.8, 4) is 0 Å². The molecule has 0 saturated heterocycles. The molecule has 0 fully saturated rings. The molecule has 16 heavy (non-hydrogen) atoms. The molecule has 0 aliphatic heterocycles. The first-order chi connectivity index (χ1) is 7.24. The van der Waals surface area contributed by atoms with Gasteiger partial charge >= 0.3 is 5.97 Å². The first kappa shape index (κ1) is 14.8. The topological polar surface area (TPSA) is 62.7 Å². The fourth-order valence-corrected chi connectivity index (χ4v) is 0.874. The molecule has 0 aliphatic rings. The summed E-state index contributed by atoms with van der Waals surface area (Å²) in [4.78, 5) is 11.4. The minimum absolute atomic E-state index is 0.149. The summed E-state index contributed by atoms with van der Waals surface area (Å²) in [6, 6.07) is 0. The van der Waals surface area contributed by atoms with Gasteiger partial charge in [-0.25, -0.2) is 0 Å². The molecule has 0 amide bonds. The van der Waals surface area contributed by atoms with Gasteiger partial charge in [0, 0.05) is 12.8 Å². The number of hydrazone groups is 1. The number of rotatable bonds is 3. The third kappa shape index (κ3) is 8.16. The van der Waals surface area contributed by atoms with Gasteiger partial charge in [0.2, 0.25) is 0 Å². The van der Waals surface area contributed by atoms with Crippen molar-refractivity contribution in [2.45, 2.75) is 39.7 Å². The number of nitrogens with one attached hydrogen (secondary N) is 2. The highest BCUT2D eigenvalue weighted by molar-refractivity contribution is 7.80. The Kier molecular flexibility index (Phi) is 5.95. The van der Waals surface area contributed by atoms with Crippen LogP contribution in [0.25, 0.3) is 0 Å². The summed E-state index contributed by atoms with van der Waals surface area (Å²) in [7, 11) is 1.69. The molecule has 0 bridgehead atoms. The van der Waals surface area contributed by atoms with Crippen molar-refractivity contribution in [2.24, 2.45) is 5.10 Å². The Labute approximate surface area is 102 Å². The number of hydrogen-bond acceptors (Lipinski definition) is 4. The number of thiocarbonyl (C=S) groups is 1. The first-order valence-corrected chi connectivity index (χ1v) is 5.38. The largest absolute Gasteiger partial charge is 0.460 e. The number of nitrogens with zero attached hydrogens (tertiary/aromatic N) is 1. The van der Waals surface area contributed by atoms with Crippen LogP contribution >= 0.6 is 12.2 Å². The summed E-state index contributed by atoms with van der Waals surface area (Å²) in [5.41, 5.74) is 2.75. The van der Waals surface area contributed by atoms with E-state index in [9.17, 15) is 4.79 Å². The number of ether oxygens (including phenoxy) is 1. The van der Waals surface area contributed by atoms with Gasteiger partial charge in [0.25, 0.3) is 0 Å². The third-order valence-electron chi connectivity index (χ3n) is 1.40. The maximum atomic E-state index is 11.4. The number of hydrogen-bond donors (Lipinski definition) is 2. The third-order valence-corrected chi connectivity index (χ3v) is 1.69. The molecule has 6 heteroatoms. The van der Waals surface area contributed by atoms with E-state index in [0.717, 1.165) is 0 Å². The van der Waals surface area contributed by atoms with Gasteiger partial charge in [0.05, 0.1) is 6.42 Å². The quantitative estimate of drug-likeness (QED) is 0.338. The predicted octanol–water partition coefficient (Wildman–Crippen LogP) is 1.19. The average molecular weight is 245 g/mol. The van der Waals surface area contributed by atoms with Crippen LogP contribution in [0.4, 0.5) is 0 Å². The number of esters is 1. The van der Waals surface area contributed by atoms with E-state index in [1.165, 1.54) is 0 Å². The minimum Gasteiger partial charge on any atom is -0.460 e. The lowest BCUT2D eigenvalue weighted by molar-refractivity contribution is -0.153. The molecule has 0 spiro atoms. The summed E-state index contributed by atoms with van der Waals surface area (Å²) >= 11 is 4.83. The Morgan fingerprint density at radius 1 is 1.44 bits per heavy atom. The highest BCUT2D eigenvalue weighted by atomic mass is 32.1. The van der Waals surface area contributed by atoms with Crippen LogP contribution in [0, 0.1) is 0 Å². The zero-order valence-corrected chi connectivity index (χ0v) is 11.2. The predicted molar refractivity (Wildman–Crippen MR) is 68.4 cm³/mol. The smallest absolute Gasteiger partial charge is 0.312 e. The molecule has 0 saturated carbocycles. The summed E-state index contributed by atoms with van der Waals surface area (Å²) in [6.45, 7) is 7.21. The van der Waals surface area contributed by atoms with E-state index in [1.807, 2.05) is 20.8 Å². The van der Waals surface area contributed by atoms with Crippen molar-refractivity contribution in [3.63, 3.8) is 0 Å². The molecule has 0 heterocycles. The standard InChI is InChI=1S/C10H19N3O2S/c1-7(12-13-9(16)11-5)6-8(14)15-10(2,3)4/h6H2,1-5H3,(H2,11,13,16)/b12-7-. The second-order valence-electron chi connectivity index (χ2n) is 4.30. The van der Waals surface area contributed by atoms with Crippen molar-refractivity contribution in [2.75, 3.05) is 7.05 Å². The second-order valence-corrected chi connectivity index (χ2v) is 4.71. The fraction of sp³-hybridized carbons (Fsp3) is 0.700. The molecule has 0 unspecified atom stereocenters. The minimum atomic E-state index is -0.467. The molecule has 0 aromatic heterocycles. The lowest BCUT2D eigenvalue weighted by Gasteiger charge is -2.19. The monoisotopic (exact) mass is 245 g/mol. The van der Waals surface area contributed by atoms with E-state index in [-0.39, 0.29) is 12.4 Å². The molecule has 0 rings (SSSR count). The summed E-state index contributed by atoms with van der Waals surface area (Å²) < 4.78 is 5.15. The van der Waals surface area contributed by atoms with E-state index in [0.29, 0.717) is 10.8 Å². The van der Waals surface area contributed by atoms with Crippen molar-refractivity contribution in [1.82, 2.24) is 10.7 Å². The van der Waals surface area contributed by atoms with E-state index >= 15 is 0 Å². The Morgan fingerprint density at radius 3 is 2.44 bits per heavy atom. The van der Waals surface area contributed by atoms with Crippen LogP contribution in [-0.2, 0) is 9.53 Å². The average Bonchev–Trinajstić information content (AvgIpc) is 2.10. The van der Waals surface area contributed by atoms with Gasteiger partial charge in [-0.2, -0.15) is 5.10 Å². The summed E-state index contributed by atoms with van der Waals surface area (Å²) in [5, 5.41) is 7.04. The SMILES string of the molecule is CNC(=S)N/N=C(/C)CC(=O)OC(C)(C)C. The van der Waals surface area contributed by atoms with Crippen molar-refractivity contribution >= 4 is 29.0 Å². The Hall–Kier alpha value is -1.17. The molecule has 2 N–H and O–H groups in total. The highest BCUT2D eigenvalue weighted by Crippen LogP contribution is 2.08. The van der Waals surface area contributed by atoms with Gasteiger partial charge in [-0.1, -0.05) is 0 Å². The Bertz CT molecular complexity index is 295. The zero-order chi connectivity index (χ0) is 12.8. The van der Waals surface area contributed by atoms with Crippen molar-refractivity contribution in [3.05, 3.63) is 0 Å².